The van der Waals surface area contributed by atoms with Crippen LogP contribution in [0.1, 0.15) is 133 Å². The standard InChI is InChI=1S/C31H56N2O6/c1-12-13-16-31(17-14-15-22(2)3,25(34)38-23-18-27(4,5)32(36)28(6,7)19-23)26(35)39-24-20-29(8,9)33(37)30(10,11)21-24/h23-24,36-37H,2,12-21H2,1,3-11H3. The second-order valence-corrected chi connectivity index (χ2v) is 14.7. The molecule has 2 aliphatic rings. The van der Waals surface area contributed by atoms with Gasteiger partial charge in [-0.25, -0.2) is 0 Å². The van der Waals surface area contributed by atoms with Gasteiger partial charge in [-0.2, -0.15) is 10.1 Å². The number of carbonyl (C=O) groups excluding carboxylic acids is 2. The van der Waals surface area contributed by atoms with E-state index >= 15 is 0 Å². The normalized spacial score (nSPS) is 23.8. The Morgan fingerprint density at radius 3 is 1.41 bits per heavy atom. The van der Waals surface area contributed by atoms with Crippen molar-refractivity contribution in [3.63, 3.8) is 0 Å². The third-order valence-corrected chi connectivity index (χ3v) is 8.70. The minimum atomic E-state index is -1.42. The first kappa shape index (κ1) is 33.7. The Hall–Kier alpha value is -1.48. The second kappa shape index (κ2) is 12.2. The molecule has 0 aromatic heterocycles. The first-order valence-corrected chi connectivity index (χ1v) is 14.8. The number of ether oxygens (including phenoxy) is 2. The van der Waals surface area contributed by atoms with Crippen molar-refractivity contribution in [2.45, 2.75) is 168 Å². The fourth-order valence-electron chi connectivity index (χ4n) is 6.84. The van der Waals surface area contributed by atoms with Crippen molar-refractivity contribution >= 4 is 11.9 Å². The van der Waals surface area contributed by atoms with Crippen LogP contribution in [0.15, 0.2) is 12.2 Å². The lowest BCUT2D eigenvalue weighted by atomic mass is 9.76. The Bertz CT molecular complexity index is 802. The SMILES string of the molecule is C=C(C)CCCC(CCCC)(C(=O)OC1CC(C)(C)N(O)C(C)(C)C1)C(=O)OC1CC(C)(C)N(O)C(C)(C)C1. The van der Waals surface area contributed by atoms with Gasteiger partial charge in [0.25, 0.3) is 0 Å². The molecule has 226 valence electrons. The molecule has 0 spiro atoms. The quantitative estimate of drug-likeness (QED) is 0.164. The first-order valence-electron chi connectivity index (χ1n) is 14.8. The van der Waals surface area contributed by atoms with Crippen LogP contribution in [0.2, 0.25) is 0 Å². The highest BCUT2D eigenvalue weighted by molar-refractivity contribution is 6.00. The van der Waals surface area contributed by atoms with Crippen LogP contribution in [0, 0.1) is 5.41 Å². The van der Waals surface area contributed by atoms with Gasteiger partial charge in [0.2, 0.25) is 0 Å². The number of unbranched alkanes of at least 4 members (excludes halogenated alkanes) is 1. The number of hydrogen-bond donors (Lipinski definition) is 2. The van der Waals surface area contributed by atoms with Gasteiger partial charge in [-0.05, 0) is 88.0 Å². The predicted octanol–water partition coefficient (Wildman–Crippen LogP) is 6.82. The van der Waals surface area contributed by atoms with Crippen LogP contribution < -0.4 is 0 Å². The maximum atomic E-state index is 14.1. The van der Waals surface area contributed by atoms with E-state index in [0.29, 0.717) is 57.8 Å². The van der Waals surface area contributed by atoms with Crippen LogP contribution >= 0.6 is 0 Å². The zero-order valence-electron chi connectivity index (χ0n) is 26.4. The predicted molar refractivity (Wildman–Crippen MR) is 152 cm³/mol. The van der Waals surface area contributed by atoms with E-state index in [1.165, 1.54) is 10.1 Å². The average Bonchev–Trinajstić information content (AvgIpc) is 2.77. The number of allylic oxidation sites excluding steroid dienone is 1. The fraction of sp³-hybridized carbons (Fsp3) is 0.871. The molecule has 0 unspecified atom stereocenters. The van der Waals surface area contributed by atoms with Crippen LogP contribution in [0.5, 0.6) is 0 Å². The van der Waals surface area contributed by atoms with Gasteiger partial charge < -0.3 is 19.9 Å². The van der Waals surface area contributed by atoms with Crippen molar-refractivity contribution in [3.05, 3.63) is 12.2 Å². The van der Waals surface area contributed by atoms with Crippen molar-refractivity contribution in [1.29, 1.82) is 0 Å². The molecule has 0 aromatic rings. The summed E-state index contributed by atoms with van der Waals surface area (Å²) in [6.07, 6.45) is 4.51. The highest BCUT2D eigenvalue weighted by atomic mass is 16.6. The van der Waals surface area contributed by atoms with Gasteiger partial charge in [-0.1, -0.05) is 25.3 Å². The van der Waals surface area contributed by atoms with Crippen LogP contribution in [0.4, 0.5) is 0 Å². The maximum absolute atomic E-state index is 14.1. The van der Waals surface area contributed by atoms with Crippen LogP contribution in [0.3, 0.4) is 0 Å². The summed E-state index contributed by atoms with van der Waals surface area (Å²) in [5, 5.41) is 24.2. The second-order valence-electron chi connectivity index (χ2n) is 14.7. The molecule has 2 saturated heterocycles. The van der Waals surface area contributed by atoms with Gasteiger partial charge in [0.05, 0.1) is 0 Å². The lowest BCUT2D eigenvalue weighted by Crippen LogP contribution is -2.61. The topological polar surface area (TPSA) is 99.5 Å². The molecule has 0 radical (unpaired) electrons. The molecule has 39 heavy (non-hydrogen) atoms. The van der Waals surface area contributed by atoms with Gasteiger partial charge >= 0.3 is 11.9 Å². The summed E-state index contributed by atoms with van der Waals surface area (Å²) in [6, 6.07) is 0. The molecular weight excluding hydrogens is 496 g/mol. The number of hydroxylamine groups is 4. The summed E-state index contributed by atoms with van der Waals surface area (Å²) in [5.41, 5.74) is -2.77. The first-order chi connectivity index (χ1) is 17.7. The van der Waals surface area contributed by atoms with E-state index in [1.54, 1.807) is 0 Å². The Morgan fingerprint density at radius 1 is 0.769 bits per heavy atom. The summed E-state index contributed by atoms with van der Waals surface area (Å²) in [7, 11) is 0. The molecule has 2 aliphatic heterocycles. The van der Waals surface area contributed by atoms with E-state index < -0.39 is 51.7 Å². The van der Waals surface area contributed by atoms with Crippen LogP contribution in [-0.4, -0.2) is 66.8 Å². The van der Waals surface area contributed by atoms with Crippen LogP contribution in [-0.2, 0) is 19.1 Å². The number of rotatable bonds is 11. The number of nitrogens with zero attached hydrogens (tertiary/aromatic N) is 2. The minimum absolute atomic E-state index is 0.328. The molecular formula is C31H56N2O6. The molecule has 8 nitrogen and oxygen atoms in total. The molecule has 2 N–H and O–H groups in total. The van der Waals surface area contributed by atoms with Gasteiger partial charge in [0, 0.05) is 47.8 Å². The van der Waals surface area contributed by atoms with E-state index in [9.17, 15) is 20.0 Å². The molecule has 2 fully saturated rings. The van der Waals surface area contributed by atoms with Gasteiger partial charge in [-0.15, -0.1) is 6.58 Å². The van der Waals surface area contributed by atoms with Gasteiger partial charge in [0.1, 0.15) is 12.2 Å². The summed E-state index contributed by atoms with van der Waals surface area (Å²) in [4.78, 5) is 28.3. The number of piperidine rings is 2. The van der Waals surface area contributed by atoms with Crippen molar-refractivity contribution in [2.75, 3.05) is 0 Å². The molecule has 2 heterocycles. The van der Waals surface area contributed by atoms with E-state index in [-0.39, 0.29) is 0 Å². The lowest BCUT2D eigenvalue weighted by molar-refractivity contribution is -0.263. The molecule has 0 amide bonds. The Morgan fingerprint density at radius 2 is 1.10 bits per heavy atom. The molecule has 0 aliphatic carbocycles. The average molecular weight is 553 g/mol. The van der Waals surface area contributed by atoms with E-state index in [1.807, 2.05) is 69.2 Å². The van der Waals surface area contributed by atoms with Crippen molar-refractivity contribution in [2.24, 2.45) is 5.41 Å². The number of esters is 2. The zero-order chi connectivity index (χ0) is 30.0. The Labute approximate surface area is 237 Å². The third-order valence-electron chi connectivity index (χ3n) is 8.70. The molecule has 0 atom stereocenters. The molecule has 8 heteroatoms. The summed E-state index contributed by atoms with van der Waals surface area (Å²) < 4.78 is 12.4. The number of carbonyl (C=O) groups is 2. The van der Waals surface area contributed by atoms with E-state index in [4.69, 9.17) is 9.47 Å². The maximum Gasteiger partial charge on any atom is 0.323 e. The fourth-order valence-corrected chi connectivity index (χ4v) is 6.84. The Balaban J connectivity index is 2.39. The van der Waals surface area contributed by atoms with Crippen molar-refractivity contribution in [1.82, 2.24) is 10.1 Å². The summed E-state index contributed by atoms with van der Waals surface area (Å²) in [6.45, 7) is 23.4. The molecule has 0 saturated carbocycles. The van der Waals surface area contributed by atoms with Gasteiger partial charge in [0.15, 0.2) is 5.41 Å². The third kappa shape index (κ3) is 7.84. The van der Waals surface area contributed by atoms with Gasteiger partial charge in [-0.3, -0.25) is 9.59 Å². The highest BCUT2D eigenvalue weighted by Crippen LogP contribution is 2.43. The van der Waals surface area contributed by atoms with Crippen LogP contribution in [0.25, 0.3) is 0 Å². The smallest absolute Gasteiger partial charge is 0.323 e. The van der Waals surface area contributed by atoms with Crippen molar-refractivity contribution < 1.29 is 29.5 Å². The summed E-state index contributed by atoms with van der Waals surface area (Å²) in [5.74, 6) is -1.05. The minimum Gasteiger partial charge on any atom is -0.461 e. The van der Waals surface area contributed by atoms with E-state index in [0.717, 1.165) is 12.0 Å². The highest BCUT2D eigenvalue weighted by Gasteiger charge is 2.53. The largest absolute Gasteiger partial charge is 0.461 e. The molecule has 0 aromatic carbocycles. The molecule has 2 rings (SSSR count). The summed E-state index contributed by atoms with van der Waals surface area (Å²) >= 11 is 0. The zero-order valence-corrected chi connectivity index (χ0v) is 26.4. The lowest BCUT2D eigenvalue weighted by Gasteiger charge is -2.51. The Kier molecular flexibility index (Phi) is 10.5. The monoisotopic (exact) mass is 552 g/mol. The van der Waals surface area contributed by atoms with Crippen molar-refractivity contribution in [3.8, 4) is 0 Å². The molecule has 0 bridgehead atoms. The van der Waals surface area contributed by atoms with E-state index in [2.05, 4.69) is 6.58 Å². The number of hydrogen-bond acceptors (Lipinski definition) is 8.